The molecule has 0 saturated heterocycles. The zero-order chi connectivity index (χ0) is 19.1. The number of halogens is 1. The van der Waals surface area contributed by atoms with Crippen LogP contribution in [0.2, 0.25) is 0 Å². The molecule has 1 aliphatic rings. The summed E-state index contributed by atoms with van der Waals surface area (Å²) in [6, 6.07) is -1.55. The maximum Gasteiger partial charge on any atom is 0.331 e. The van der Waals surface area contributed by atoms with E-state index in [9.17, 15) is 19.1 Å². The first-order valence-electron chi connectivity index (χ1n) is 8.04. The fraction of sp³-hybridized carbons (Fsp3) is 0.562. The van der Waals surface area contributed by atoms with Crippen LogP contribution in [0.15, 0.2) is 24.1 Å². The van der Waals surface area contributed by atoms with Crippen LogP contribution in [0.25, 0.3) is 0 Å². The maximum atomic E-state index is 13.1. The molecule has 0 aliphatic heterocycles. The SMILES string of the molecule is C=C(F)C(=O)N[C@@H]1[C@@H](NC(=N)N)CC(C(=O)O)=C[C@H]1OC(CC)CC. The summed E-state index contributed by atoms with van der Waals surface area (Å²) in [5.41, 5.74) is 5.43. The first-order valence-corrected chi connectivity index (χ1v) is 8.04. The lowest BCUT2D eigenvalue weighted by Gasteiger charge is -2.38. The van der Waals surface area contributed by atoms with Crippen LogP contribution in [0.5, 0.6) is 0 Å². The quantitative estimate of drug-likeness (QED) is 0.248. The zero-order valence-electron chi connectivity index (χ0n) is 14.3. The number of carbonyl (C=O) groups is 2. The van der Waals surface area contributed by atoms with Gasteiger partial charge in [0.1, 0.15) is 0 Å². The van der Waals surface area contributed by atoms with Crippen molar-refractivity contribution in [1.82, 2.24) is 10.6 Å². The Morgan fingerprint density at radius 1 is 1.48 bits per heavy atom. The minimum absolute atomic E-state index is 0.0125. The van der Waals surface area contributed by atoms with Crippen LogP contribution in [-0.4, -0.2) is 47.2 Å². The maximum absolute atomic E-state index is 13.1. The van der Waals surface area contributed by atoms with E-state index >= 15 is 0 Å². The number of carboxylic acids is 1. The van der Waals surface area contributed by atoms with E-state index in [1.165, 1.54) is 6.08 Å². The molecule has 0 heterocycles. The molecule has 0 fully saturated rings. The molecule has 0 bridgehead atoms. The molecule has 25 heavy (non-hydrogen) atoms. The Hall–Kier alpha value is -2.42. The summed E-state index contributed by atoms with van der Waals surface area (Å²) in [5.74, 6) is -3.72. The first kappa shape index (κ1) is 20.6. The highest BCUT2D eigenvalue weighted by atomic mass is 19.1. The van der Waals surface area contributed by atoms with Crippen molar-refractivity contribution in [3.63, 3.8) is 0 Å². The Balaban J connectivity index is 3.20. The lowest BCUT2D eigenvalue weighted by Crippen LogP contribution is -2.60. The molecular weight excluding hydrogens is 331 g/mol. The third-order valence-electron chi connectivity index (χ3n) is 4.01. The van der Waals surface area contributed by atoms with Gasteiger partial charge >= 0.3 is 5.97 Å². The van der Waals surface area contributed by atoms with Crippen molar-refractivity contribution >= 4 is 17.8 Å². The topological polar surface area (TPSA) is 138 Å². The van der Waals surface area contributed by atoms with Gasteiger partial charge in [0, 0.05) is 12.0 Å². The molecule has 140 valence electrons. The number of nitrogens with one attached hydrogen (secondary N) is 3. The van der Waals surface area contributed by atoms with E-state index in [0.717, 1.165) is 0 Å². The van der Waals surface area contributed by atoms with Gasteiger partial charge in [0.2, 0.25) is 0 Å². The predicted molar refractivity (Wildman–Crippen MR) is 90.6 cm³/mol. The summed E-state index contributed by atoms with van der Waals surface area (Å²) < 4.78 is 19.0. The zero-order valence-corrected chi connectivity index (χ0v) is 14.3. The summed E-state index contributed by atoms with van der Waals surface area (Å²) in [6.45, 7) is 6.79. The third-order valence-corrected chi connectivity index (χ3v) is 4.01. The summed E-state index contributed by atoms with van der Waals surface area (Å²) in [7, 11) is 0. The summed E-state index contributed by atoms with van der Waals surface area (Å²) in [6.07, 6.45) is 1.78. The Morgan fingerprint density at radius 3 is 2.52 bits per heavy atom. The van der Waals surface area contributed by atoms with Crippen LogP contribution in [0.3, 0.4) is 0 Å². The van der Waals surface area contributed by atoms with Gasteiger partial charge < -0.3 is 26.2 Å². The molecule has 0 unspecified atom stereocenters. The lowest BCUT2D eigenvalue weighted by atomic mass is 9.87. The molecule has 0 saturated carbocycles. The molecule has 1 rings (SSSR count). The number of carboxylic acid groups (broad SMARTS) is 1. The smallest absolute Gasteiger partial charge is 0.331 e. The van der Waals surface area contributed by atoms with E-state index in [1.54, 1.807) is 0 Å². The molecule has 0 spiro atoms. The molecule has 0 aromatic carbocycles. The number of ether oxygens (including phenoxy) is 1. The molecule has 9 heteroatoms. The van der Waals surface area contributed by atoms with E-state index < -0.39 is 41.9 Å². The number of aliphatic carboxylic acids is 1. The normalized spacial score (nSPS) is 22.9. The van der Waals surface area contributed by atoms with E-state index in [4.69, 9.17) is 15.9 Å². The Kier molecular flexibility index (Phi) is 7.56. The van der Waals surface area contributed by atoms with Gasteiger partial charge in [0.15, 0.2) is 11.8 Å². The molecule has 0 aromatic heterocycles. The van der Waals surface area contributed by atoms with Gasteiger partial charge in [-0.15, -0.1) is 0 Å². The highest BCUT2D eigenvalue weighted by molar-refractivity contribution is 5.91. The van der Waals surface area contributed by atoms with Crippen LogP contribution < -0.4 is 16.4 Å². The van der Waals surface area contributed by atoms with Crippen LogP contribution in [0.4, 0.5) is 4.39 Å². The fourth-order valence-corrected chi connectivity index (χ4v) is 2.70. The highest BCUT2D eigenvalue weighted by Gasteiger charge is 2.38. The van der Waals surface area contributed by atoms with Gasteiger partial charge in [0.05, 0.1) is 24.3 Å². The minimum atomic E-state index is -1.17. The number of guanidine groups is 1. The summed E-state index contributed by atoms with van der Waals surface area (Å²) in [5, 5.41) is 21.8. The van der Waals surface area contributed by atoms with Gasteiger partial charge in [-0.1, -0.05) is 20.4 Å². The molecule has 3 atom stereocenters. The third kappa shape index (κ3) is 5.86. The molecule has 8 nitrogen and oxygen atoms in total. The first-order chi connectivity index (χ1) is 11.7. The standard InChI is InChI=1S/C16H25FN4O4/c1-4-10(5-2)25-12-7-9(15(23)24)6-11(20-16(18)19)13(12)21-14(22)8(3)17/h7,10-13H,3-6H2,1-2H3,(H,21,22)(H,23,24)(H4,18,19,20)/t11-,12+,13+/m0/s1. The highest BCUT2D eigenvalue weighted by Crippen LogP contribution is 2.24. The minimum Gasteiger partial charge on any atom is -0.478 e. The number of hydrogen-bond donors (Lipinski definition) is 5. The molecule has 6 N–H and O–H groups in total. The molecule has 0 radical (unpaired) electrons. The van der Waals surface area contributed by atoms with Gasteiger partial charge in [-0.05, 0) is 18.9 Å². The van der Waals surface area contributed by atoms with Crippen molar-refractivity contribution < 1.29 is 23.8 Å². The molecule has 0 aromatic rings. The van der Waals surface area contributed by atoms with Crippen molar-refractivity contribution in [1.29, 1.82) is 5.41 Å². The predicted octanol–water partition coefficient (Wildman–Crippen LogP) is 0.795. The van der Waals surface area contributed by atoms with E-state index in [-0.39, 0.29) is 18.1 Å². The van der Waals surface area contributed by atoms with Crippen molar-refractivity contribution in [3.05, 3.63) is 24.1 Å². The Labute approximate surface area is 145 Å². The second kappa shape index (κ2) is 9.16. The Morgan fingerprint density at radius 2 is 2.08 bits per heavy atom. The number of hydrogen-bond acceptors (Lipinski definition) is 4. The average molecular weight is 356 g/mol. The van der Waals surface area contributed by atoms with Gasteiger partial charge in [-0.2, -0.15) is 0 Å². The second-order valence-electron chi connectivity index (χ2n) is 5.81. The number of rotatable bonds is 8. The van der Waals surface area contributed by atoms with Crippen LogP contribution in [0.1, 0.15) is 33.1 Å². The lowest BCUT2D eigenvalue weighted by molar-refractivity contribution is -0.133. The summed E-state index contributed by atoms with van der Waals surface area (Å²) >= 11 is 0. The number of carbonyl (C=O) groups excluding carboxylic acids is 1. The van der Waals surface area contributed by atoms with Gasteiger partial charge in [0.25, 0.3) is 5.91 Å². The van der Waals surface area contributed by atoms with Gasteiger partial charge in [-0.3, -0.25) is 10.2 Å². The fourth-order valence-electron chi connectivity index (χ4n) is 2.70. The number of amides is 1. The van der Waals surface area contributed by atoms with E-state index in [2.05, 4.69) is 17.2 Å². The summed E-state index contributed by atoms with van der Waals surface area (Å²) in [4.78, 5) is 23.1. The Bertz CT molecular complexity index is 574. The van der Waals surface area contributed by atoms with Crippen molar-refractivity contribution in [2.24, 2.45) is 5.73 Å². The van der Waals surface area contributed by atoms with Crippen LogP contribution >= 0.6 is 0 Å². The monoisotopic (exact) mass is 356 g/mol. The van der Waals surface area contributed by atoms with E-state index in [0.29, 0.717) is 12.8 Å². The molecule has 1 amide bonds. The molecule has 1 aliphatic carbocycles. The second-order valence-corrected chi connectivity index (χ2v) is 5.81. The number of nitrogens with two attached hydrogens (primary N) is 1. The van der Waals surface area contributed by atoms with Crippen molar-refractivity contribution in [2.75, 3.05) is 0 Å². The van der Waals surface area contributed by atoms with Gasteiger partial charge in [-0.25, -0.2) is 9.18 Å². The van der Waals surface area contributed by atoms with Crippen LogP contribution in [0, 0.1) is 5.41 Å². The van der Waals surface area contributed by atoms with Crippen LogP contribution in [-0.2, 0) is 14.3 Å². The van der Waals surface area contributed by atoms with E-state index in [1.807, 2.05) is 13.8 Å². The molecular formula is C16H25FN4O4. The average Bonchev–Trinajstić information content (AvgIpc) is 2.53. The van der Waals surface area contributed by atoms with Crippen molar-refractivity contribution in [2.45, 2.75) is 57.4 Å². The largest absolute Gasteiger partial charge is 0.478 e. The van der Waals surface area contributed by atoms with Crippen molar-refractivity contribution in [3.8, 4) is 0 Å².